The Morgan fingerprint density at radius 3 is 1.24 bits per heavy atom. The zero-order chi connectivity index (χ0) is 38.0. The van der Waals surface area contributed by atoms with Gasteiger partial charge in [-0.15, -0.1) is 0 Å². The van der Waals surface area contributed by atoms with Crippen LogP contribution in [0.5, 0.6) is 11.5 Å². The van der Waals surface area contributed by atoms with Crippen LogP contribution in [0.2, 0.25) is 0 Å². The summed E-state index contributed by atoms with van der Waals surface area (Å²) in [5, 5.41) is 22.3. The van der Waals surface area contributed by atoms with E-state index in [0.717, 1.165) is 46.2 Å². The predicted molar refractivity (Wildman–Crippen MR) is 204 cm³/mol. The van der Waals surface area contributed by atoms with Crippen LogP contribution in [0.1, 0.15) is 126 Å². The minimum Gasteiger partial charge on any atom is -0.507 e. The van der Waals surface area contributed by atoms with Gasteiger partial charge in [0.05, 0.1) is 9.79 Å². The van der Waals surface area contributed by atoms with Crippen molar-refractivity contribution in [1.29, 1.82) is 0 Å². The maximum absolute atomic E-state index is 14.4. The van der Waals surface area contributed by atoms with Crippen LogP contribution in [0.3, 0.4) is 0 Å². The average Bonchev–Trinajstić information content (AvgIpc) is 3.02. The molecular formula is C40H60N2O6S2. The molecule has 0 heterocycles. The lowest BCUT2D eigenvalue weighted by atomic mass is 9.82. The van der Waals surface area contributed by atoms with Gasteiger partial charge >= 0.3 is 0 Å². The number of sulfonamides is 2. The molecule has 3 aromatic carbocycles. The van der Waals surface area contributed by atoms with Crippen LogP contribution in [0.4, 0.5) is 0 Å². The molecule has 0 amide bonds. The van der Waals surface area contributed by atoms with Crippen LogP contribution in [0, 0.1) is 27.7 Å². The summed E-state index contributed by atoms with van der Waals surface area (Å²) in [6.07, 6.45) is 2.77. The highest BCUT2D eigenvalue weighted by molar-refractivity contribution is 7.90. The van der Waals surface area contributed by atoms with Crippen LogP contribution in [-0.2, 0) is 44.0 Å². The lowest BCUT2D eigenvalue weighted by Crippen LogP contribution is -2.34. The standard InChI is InChI=1S/C40H60N2O6S2/c1-13-15-20-41(25-33-27(3)22-35(39(7,8)9)37(43)29(33)5)49(45,46)31-18-17-19-32(24-31)50(47,48)42(21-16-14-2)26-34-28(4)23-36(40(10,11)12)38(44)30(34)6/h17-19,22-24,43-44H,13-16,20-21,25-26H2,1-12H3. The van der Waals surface area contributed by atoms with Crippen LogP contribution in [0.25, 0.3) is 0 Å². The zero-order valence-corrected chi connectivity index (χ0v) is 34.0. The lowest BCUT2D eigenvalue weighted by Gasteiger charge is -2.28. The Kier molecular flexibility index (Phi) is 13.1. The highest BCUT2D eigenvalue weighted by Crippen LogP contribution is 2.39. The smallest absolute Gasteiger partial charge is 0.243 e. The van der Waals surface area contributed by atoms with Crippen molar-refractivity contribution in [3.63, 3.8) is 0 Å². The van der Waals surface area contributed by atoms with E-state index in [-0.39, 0.29) is 58.3 Å². The Balaban J connectivity index is 2.10. The molecule has 0 aliphatic heterocycles. The maximum atomic E-state index is 14.4. The quantitative estimate of drug-likeness (QED) is 0.171. The predicted octanol–water partition coefficient (Wildman–Crippen LogP) is 8.91. The number of hydrogen-bond acceptors (Lipinski definition) is 6. The van der Waals surface area contributed by atoms with Crippen molar-refractivity contribution in [2.45, 2.75) is 142 Å². The van der Waals surface area contributed by atoms with Crippen molar-refractivity contribution in [3.8, 4) is 11.5 Å². The van der Waals surface area contributed by atoms with Gasteiger partial charge in [0, 0.05) is 26.2 Å². The van der Waals surface area contributed by atoms with Gasteiger partial charge in [-0.1, -0.05) is 86.4 Å². The number of aromatic hydroxyl groups is 2. The average molecular weight is 729 g/mol. The first-order chi connectivity index (χ1) is 23.0. The van der Waals surface area contributed by atoms with Gasteiger partial charge in [0.2, 0.25) is 20.0 Å². The normalized spacial score (nSPS) is 13.1. The van der Waals surface area contributed by atoms with E-state index in [0.29, 0.717) is 24.0 Å². The van der Waals surface area contributed by atoms with Gasteiger partial charge in [0.25, 0.3) is 0 Å². The lowest BCUT2D eigenvalue weighted by molar-refractivity contribution is 0.391. The first kappa shape index (κ1) is 41.5. The number of unbranched alkanes of at least 4 members (excludes halogenated alkanes) is 2. The number of phenolic OH excluding ortho intramolecular Hbond substituents is 2. The Morgan fingerprint density at radius 1 is 0.600 bits per heavy atom. The summed E-state index contributed by atoms with van der Waals surface area (Å²) in [5.41, 5.74) is 5.53. The number of phenols is 2. The molecule has 0 radical (unpaired) electrons. The van der Waals surface area contributed by atoms with Crippen molar-refractivity contribution < 1.29 is 27.0 Å². The molecular weight excluding hydrogens is 669 g/mol. The molecule has 278 valence electrons. The van der Waals surface area contributed by atoms with E-state index in [4.69, 9.17) is 0 Å². The molecule has 0 aliphatic carbocycles. The van der Waals surface area contributed by atoms with Crippen molar-refractivity contribution in [3.05, 3.63) is 80.9 Å². The summed E-state index contributed by atoms with van der Waals surface area (Å²) in [7, 11) is -8.29. The fourth-order valence-corrected chi connectivity index (χ4v) is 9.40. The minimum atomic E-state index is -4.14. The van der Waals surface area contributed by atoms with E-state index < -0.39 is 20.0 Å². The summed E-state index contributed by atoms with van der Waals surface area (Å²) in [4.78, 5) is -0.203. The maximum Gasteiger partial charge on any atom is 0.243 e. The third-order valence-corrected chi connectivity index (χ3v) is 13.4. The largest absolute Gasteiger partial charge is 0.507 e. The Labute approximate surface area is 302 Å². The minimum absolute atomic E-state index is 0.0458. The molecule has 3 rings (SSSR count). The van der Waals surface area contributed by atoms with E-state index in [1.165, 1.54) is 32.9 Å². The fraction of sp³-hybridized carbons (Fsp3) is 0.550. The molecule has 50 heavy (non-hydrogen) atoms. The molecule has 0 unspecified atom stereocenters. The molecule has 2 N–H and O–H groups in total. The highest BCUT2D eigenvalue weighted by atomic mass is 32.2. The first-order valence-corrected chi connectivity index (χ1v) is 20.6. The molecule has 0 atom stereocenters. The summed E-state index contributed by atoms with van der Waals surface area (Å²) in [6, 6.07) is 9.50. The molecule has 0 fully saturated rings. The second-order valence-corrected chi connectivity index (χ2v) is 19.6. The third-order valence-electron chi connectivity index (χ3n) is 9.69. The van der Waals surface area contributed by atoms with E-state index in [1.54, 1.807) is 0 Å². The second kappa shape index (κ2) is 15.8. The van der Waals surface area contributed by atoms with Gasteiger partial charge < -0.3 is 10.2 Å². The van der Waals surface area contributed by atoms with Crippen molar-refractivity contribution in [2.24, 2.45) is 0 Å². The SMILES string of the molecule is CCCCN(Cc1c(C)cc(C(C)(C)C)c(O)c1C)S(=O)(=O)c1cccc(S(=O)(=O)N(CCCC)Cc2c(C)cc(C(C)(C)C)c(O)c2C)c1. The van der Waals surface area contributed by atoms with Gasteiger partial charge in [-0.2, -0.15) is 8.61 Å². The Hall–Kier alpha value is -2.92. The molecule has 0 aromatic heterocycles. The zero-order valence-electron chi connectivity index (χ0n) is 32.4. The number of aryl methyl sites for hydroxylation is 2. The van der Waals surface area contributed by atoms with Crippen molar-refractivity contribution in [1.82, 2.24) is 8.61 Å². The summed E-state index contributed by atoms with van der Waals surface area (Å²) in [5.74, 6) is 0.330. The second-order valence-electron chi connectivity index (χ2n) is 15.7. The van der Waals surface area contributed by atoms with Crippen LogP contribution < -0.4 is 0 Å². The number of hydrogen-bond donors (Lipinski definition) is 2. The summed E-state index contributed by atoms with van der Waals surface area (Å²) >= 11 is 0. The molecule has 0 bridgehead atoms. The molecule has 0 spiro atoms. The van der Waals surface area contributed by atoms with Crippen LogP contribution >= 0.6 is 0 Å². The van der Waals surface area contributed by atoms with E-state index in [9.17, 15) is 27.0 Å². The highest BCUT2D eigenvalue weighted by Gasteiger charge is 2.32. The summed E-state index contributed by atoms with van der Waals surface area (Å²) < 4.78 is 60.2. The Bertz CT molecular complexity index is 1770. The molecule has 0 aliphatic rings. The Morgan fingerprint density at radius 2 is 0.940 bits per heavy atom. The molecule has 3 aromatic rings. The first-order valence-electron chi connectivity index (χ1n) is 17.7. The molecule has 8 nitrogen and oxygen atoms in total. The summed E-state index contributed by atoms with van der Waals surface area (Å²) in [6.45, 7) is 24.2. The topological polar surface area (TPSA) is 115 Å². The fourth-order valence-electron chi connectivity index (χ4n) is 6.34. The molecule has 10 heteroatoms. The van der Waals surface area contributed by atoms with Gasteiger partial charge in [0.15, 0.2) is 0 Å². The van der Waals surface area contributed by atoms with Crippen molar-refractivity contribution in [2.75, 3.05) is 13.1 Å². The molecule has 0 saturated carbocycles. The number of rotatable bonds is 14. The van der Waals surface area contributed by atoms with Gasteiger partial charge in [-0.05, 0) is 114 Å². The van der Waals surface area contributed by atoms with E-state index in [1.807, 2.05) is 95.2 Å². The monoisotopic (exact) mass is 728 g/mol. The molecule has 0 saturated heterocycles. The van der Waals surface area contributed by atoms with Crippen LogP contribution in [0.15, 0.2) is 46.2 Å². The van der Waals surface area contributed by atoms with Gasteiger partial charge in [-0.25, -0.2) is 16.8 Å². The number of nitrogens with zero attached hydrogens (tertiary/aromatic N) is 2. The van der Waals surface area contributed by atoms with Crippen molar-refractivity contribution >= 4 is 20.0 Å². The third kappa shape index (κ3) is 8.92. The van der Waals surface area contributed by atoms with Gasteiger partial charge in [0.1, 0.15) is 11.5 Å². The number of benzene rings is 3. The van der Waals surface area contributed by atoms with E-state index >= 15 is 0 Å². The van der Waals surface area contributed by atoms with Crippen LogP contribution in [-0.4, -0.2) is 48.7 Å². The van der Waals surface area contributed by atoms with E-state index in [2.05, 4.69) is 0 Å². The van der Waals surface area contributed by atoms with Gasteiger partial charge in [-0.3, -0.25) is 0 Å².